The molecule has 1 aliphatic carbocycles. The van der Waals surface area contributed by atoms with E-state index >= 15 is 0 Å². The second-order valence-electron chi connectivity index (χ2n) is 6.11. The molecule has 0 aliphatic heterocycles. The summed E-state index contributed by atoms with van der Waals surface area (Å²) in [4.78, 5) is 0. The Balaban J connectivity index is 1.69. The molecular weight excluding hydrogens is 236 g/mol. The quantitative estimate of drug-likeness (QED) is 0.591. The van der Waals surface area contributed by atoms with Gasteiger partial charge in [-0.1, -0.05) is 50.0 Å². The van der Waals surface area contributed by atoms with E-state index < -0.39 is 8.07 Å². The fourth-order valence-corrected chi connectivity index (χ4v) is 2.56. The van der Waals surface area contributed by atoms with Gasteiger partial charge in [0.05, 0.1) is 12.7 Å². The van der Waals surface area contributed by atoms with Gasteiger partial charge in [-0.2, -0.15) is 0 Å². The molecule has 0 aromatic heterocycles. The van der Waals surface area contributed by atoms with Crippen molar-refractivity contribution in [2.24, 2.45) is 5.92 Å². The van der Waals surface area contributed by atoms with Crippen LogP contribution in [-0.2, 0) is 11.3 Å². The highest BCUT2D eigenvalue weighted by molar-refractivity contribution is 6.83. The lowest BCUT2D eigenvalue weighted by molar-refractivity contribution is -0.0260. The minimum absolute atomic E-state index is 0.422. The highest BCUT2D eigenvalue weighted by Crippen LogP contribution is 2.30. The summed E-state index contributed by atoms with van der Waals surface area (Å²) in [5, 5.41) is 0. The van der Waals surface area contributed by atoms with Gasteiger partial charge in [-0.3, -0.25) is 0 Å². The summed E-state index contributed by atoms with van der Waals surface area (Å²) in [7, 11) is -1.20. The standard InChI is InChI=1S/C16H22OSi/c1-18(2,3)10-9-15-11-16(12-15)17-13-14-7-5-4-6-8-14/h4-8,15-16H,11-13H2,1-3H3. The number of hydrogen-bond acceptors (Lipinski definition) is 1. The van der Waals surface area contributed by atoms with Crippen LogP contribution in [0, 0.1) is 17.4 Å². The number of benzene rings is 1. The second-order valence-corrected chi connectivity index (χ2v) is 10.9. The third-order valence-electron chi connectivity index (χ3n) is 3.07. The summed E-state index contributed by atoms with van der Waals surface area (Å²) in [5.41, 5.74) is 4.71. The lowest BCUT2D eigenvalue weighted by Crippen LogP contribution is -2.31. The highest BCUT2D eigenvalue weighted by Gasteiger charge is 2.28. The second kappa shape index (κ2) is 5.73. The average Bonchev–Trinajstić information content (AvgIpc) is 2.26. The third-order valence-corrected chi connectivity index (χ3v) is 3.97. The molecule has 96 valence electrons. The molecule has 18 heavy (non-hydrogen) atoms. The van der Waals surface area contributed by atoms with Gasteiger partial charge in [0.15, 0.2) is 0 Å². The van der Waals surface area contributed by atoms with Crippen LogP contribution in [-0.4, -0.2) is 14.2 Å². The zero-order valence-corrected chi connectivity index (χ0v) is 12.6. The minimum atomic E-state index is -1.20. The first-order valence-corrected chi connectivity index (χ1v) is 10.2. The summed E-state index contributed by atoms with van der Waals surface area (Å²) in [6.07, 6.45) is 2.65. The maximum Gasteiger partial charge on any atom is 0.129 e. The van der Waals surface area contributed by atoms with Crippen molar-refractivity contribution in [1.82, 2.24) is 0 Å². The van der Waals surface area contributed by atoms with E-state index in [-0.39, 0.29) is 0 Å². The van der Waals surface area contributed by atoms with Gasteiger partial charge in [-0.05, 0) is 18.4 Å². The maximum absolute atomic E-state index is 5.87. The van der Waals surface area contributed by atoms with E-state index in [0.29, 0.717) is 12.0 Å². The molecule has 0 atom stereocenters. The van der Waals surface area contributed by atoms with Gasteiger partial charge in [0.25, 0.3) is 0 Å². The molecular formula is C16H22OSi. The molecule has 0 amide bonds. The molecule has 0 unspecified atom stereocenters. The Morgan fingerprint density at radius 2 is 1.83 bits per heavy atom. The Labute approximate surface area is 112 Å². The average molecular weight is 258 g/mol. The van der Waals surface area contributed by atoms with Gasteiger partial charge < -0.3 is 4.74 Å². The predicted octanol–water partition coefficient (Wildman–Crippen LogP) is 3.86. The third kappa shape index (κ3) is 4.32. The van der Waals surface area contributed by atoms with Gasteiger partial charge in [0.2, 0.25) is 0 Å². The molecule has 2 rings (SSSR count). The van der Waals surface area contributed by atoms with Crippen LogP contribution in [0.4, 0.5) is 0 Å². The molecule has 1 saturated carbocycles. The summed E-state index contributed by atoms with van der Waals surface area (Å²) in [5.74, 6) is 4.00. The number of ether oxygens (including phenoxy) is 1. The first-order chi connectivity index (χ1) is 8.53. The predicted molar refractivity (Wildman–Crippen MR) is 78.9 cm³/mol. The lowest BCUT2D eigenvalue weighted by Gasteiger charge is -2.32. The Kier molecular flexibility index (Phi) is 4.26. The first kappa shape index (κ1) is 13.4. The molecule has 1 aromatic carbocycles. The van der Waals surface area contributed by atoms with E-state index in [4.69, 9.17) is 4.74 Å². The smallest absolute Gasteiger partial charge is 0.129 e. The van der Waals surface area contributed by atoms with E-state index in [1.54, 1.807) is 0 Å². The van der Waals surface area contributed by atoms with Crippen molar-refractivity contribution in [3.05, 3.63) is 35.9 Å². The van der Waals surface area contributed by atoms with Gasteiger partial charge in [0.1, 0.15) is 8.07 Å². The zero-order chi connectivity index (χ0) is 13.0. The topological polar surface area (TPSA) is 9.23 Å². The molecule has 2 heteroatoms. The molecule has 1 fully saturated rings. The monoisotopic (exact) mass is 258 g/mol. The van der Waals surface area contributed by atoms with Crippen molar-refractivity contribution >= 4 is 8.07 Å². The van der Waals surface area contributed by atoms with E-state index in [1.807, 2.05) is 6.07 Å². The summed E-state index contributed by atoms with van der Waals surface area (Å²) < 4.78 is 5.87. The minimum Gasteiger partial charge on any atom is -0.373 e. The molecule has 0 radical (unpaired) electrons. The molecule has 0 bridgehead atoms. The van der Waals surface area contributed by atoms with Gasteiger partial charge in [-0.25, -0.2) is 0 Å². The zero-order valence-electron chi connectivity index (χ0n) is 11.6. The molecule has 0 saturated heterocycles. The maximum atomic E-state index is 5.87. The molecule has 0 N–H and O–H groups in total. The van der Waals surface area contributed by atoms with Crippen LogP contribution >= 0.6 is 0 Å². The van der Waals surface area contributed by atoms with Gasteiger partial charge in [-0.15, -0.1) is 11.5 Å². The van der Waals surface area contributed by atoms with Crippen LogP contribution in [0.15, 0.2) is 30.3 Å². The van der Waals surface area contributed by atoms with Crippen molar-refractivity contribution in [1.29, 1.82) is 0 Å². The van der Waals surface area contributed by atoms with E-state index in [1.165, 1.54) is 5.56 Å². The summed E-state index contributed by atoms with van der Waals surface area (Å²) in [6.45, 7) is 7.62. The molecule has 0 spiro atoms. The molecule has 1 nitrogen and oxygen atoms in total. The van der Waals surface area contributed by atoms with Gasteiger partial charge >= 0.3 is 0 Å². The number of rotatable bonds is 3. The lowest BCUT2D eigenvalue weighted by atomic mass is 9.83. The molecule has 1 aliphatic rings. The van der Waals surface area contributed by atoms with Crippen molar-refractivity contribution in [2.45, 2.75) is 45.2 Å². The SMILES string of the molecule is C[Si](C)(C)C#CC1CC(OCc2ccccc2)C1. The van der Waals surface area contributed by atoms with Crippen LogP contribution in [0.25, 0.3) is 0 Å². The first-order valence-electron chi connectivity index (χ1n) is 6.71. The van der Waals surface area contributed by atoms with Gasteiger partial charge in [0, 0.05) is 5.92 Å². The van der Waals surface area contributed by atoms with Crippen LogP contribution in [0.2, 0.25) is 19.6 Å². The van der Waals surface area contributed by atoms with Crippen molar-refractivity contribution in [3.8, 4) is 11.5 Å². The number of hydrogen-bond donors (Lipinski definition) is 0. The Hall–Kier alpha value is -1.04. The van der Waals surface area contributed by atoms with Crippen LogP contribution in [0.1, 0.15) is 18.4 Å². The van der Waals surface area contributed by atoms with Crippen molar-refractivity contribution < 1.29 is 4.74 Å². The Morgan fingerprint density at radius 3 is 2.44 bits per heavy atom. The van der Waals surface area contributed by atoms with E-state index in [0.717, 1.165) is 19.4 Å². The Bertz CT molecular complexity index is 430. The summed E-state index contributed by atoms with van der Waals surface area (Å²) >= 11 is 0. The fraction of sp³-hybridized carbons (Fsp3) is 0.500. The normalized spacial score (nSPS) is 22.8. The molecule has 0 heterocycles. The summed E-state index contributed by atoms with van der Waals surface area (Å²) in [6, 6.07) is 10.4. The largest absolute Gasteiger partial charge is 0.373 e. The van der Waals surface area contributed by atoms with E-state index in [9.17, 15) is 0 Å². The van der Waals surface area contributed by atoms with Crippen molar-refractivity contribution in [2.75, 3.05) is 0 Å². The highest BCUT2D eigenvalue weighted by atomic mass is 28.3. The Morgan fingerprint density at radius 1 is 1.17 bits per heavy atom. The fourth-order valence-electron chi connectivity index (χ4n) is 1.93. The van der Waals surface area contributed by atoms with Crippen LogP contribution in [0.3, 0.4) is 0 Å². The van der Waals surface area contributed by atoms with Crippen LogP contribution in [0.5, 0.6) is 0 Å². The molecule has 1 aromatic rings. The van der Waals surface area contributed by atoms with Crippen LogP contribution < -0.4 is 0 Å². The van der Waals surface area contributed by atoms with Crippen molar-refractivity contribution in [3.63, 3.8) is 0 Å². The van der Waals surface area contributed by atoms with E-state index in [2.05, 4.69) is 55.4 Å².